The summed E-state index contributed by atoms with van der Waals surface area (Å²) in [5.41, 5.74) is 3.61. The summed E-state index contributed by atoms with van der Waals surface area (Å²) in [4.78, 5) is 40.3. The number of para-hydroxylation sites is 2. The first kappa shape index (κ1) is 25.2. The smallest absolute Gasteiger partial charge is 0.270 e. The van der Waals surface area contributed by atoms with Crippen molar-refractivity contribution < 1.29 is 19.2 Å². The first-order valence-electron chi connectivity index (χ1n) is 11.6. The Morgan fingerprint density at radius 2 is 1.81 bits per heavy atom. The average Bonchev–Trinajstić information content (AvgIpc) is 3.23. The Bertz CT molecular complexity index is 1510. The molecule has 188 valence electrons. The third kappa shape index (κ3) is 5.84. The Balaban J connectivity index is 1.57. The van der Waals surface area contributed by atoms with Crippen LogP contribution < -0.4 is 15.4 Å². The van der Waals surface area contributed by atoms with E-state index in [1.807, 2.05) is 31.2 Å². The summed E-state index contributed by atoms with van der Waals surface area (Å²) in [6.07, 6.45) is 1.98. The number of aromatic nitrogens is 1. The van der Waals surface area contributed by atoms with Crippen LogP contribution in [0.25, 0.3) is 17.0 Å². The van der Waals surface area contributed by atoms with Gasteiger partial charge in [0.1, 0.15) is 11.4 Å². The number of aryl methyl sites for hydroxylation is 1. The number of rotatable bonds is 9. The molecule has 4 aromatic rings. The van der Waals surface area contributed by atoms with Gasteiger partial charge in [-0.25, -0.2) is 0 Å². The quantitative estimate of drug-likeness (QED) is 0.178. The SMILES string of the molecule is COc1ccccc1C(=O)N/C(=C\c1cccc([N+](=O)[O-])c1)C(=O)NCCc1c(C)[nH]c2ccccc12. The topological polar surface area (TPSA) is 126 Å². The van der Waals surface area contributed by atoms with Crippen LogP contribution in [0.15, 0.2) is 78.5 Å². The molecule has 2 amide bonds. The van der Waals surface area contributed by atoms with Gasteiger partial charge in [0, 0.05) is 35.3 Å². The summed E-state index contributed by atoms with van der Waals surface area (Å²) in [6.45, 7) is 2.30. The molecule has 4 rings (SSSR count). The summed E-state index contributed by atoms with van der Waals surface area (Å²) < 4.78 is 5.26. The van der Waals surface area contributed by atoms with Gasteiger partial charge in [-0.15, -0.1) is 0 Å². The van der Waals surface area contributed by atoms with E-state index in [0.29, 0.717) is 24.3 Å². The molecular weight excluding hydrogens is 472 g/mol. The van der Waals surface area contributed by atoms with E-state index in [1.54, 1.807) is 30.3 Å². The van der Waals surface area contributed by atoms with Crippen LogP contribution in [0.1, 0.15) is 27.2 Å². The van der Waals surface area contributed by atoms with E-state index >= 15 is 0 Å². The highest BCUT2D eigenvalue weighted by molar-refractivity contribution is 6.06. The number of non-ortho nitro benzene ring substituents is 1. The maximum Gasteiger partial charge on any atom is 0.270 e. The lowest BCUT2D eigenvalue weighted by molar-refractivity contribution is -0.384. The predicted octanol–water partition coefficient (Wildman–Crippen LogP) is 4.52. The molecule has 0 saturated carbocycles. The van der Waals surface area contributed by atoms with Crippen molar-refractivity contribution in [3.63, 3.8) is 0 Å². The Labute approximate surface area is 213 Å². The van der Waals surface area contributed by atoms with Gasteiger partial charge < -0.3 is 20.4 Å². The van der Waals surface area contributed by atoms with Crippen molar-refractivity contribution in [1.82, 2.24) is 15.6 Å². The second kappa shape index (κ2) is 11.2. The molecular formula is C28H26N4O5. The number of aromatic amines is 1. The number of fused-ring (bicyclic) bond motifs is 1. The minimum Gasteiger partial charge on any atom is -0.496 e. The number of nitro groups is 1. The van der Waals surface area contributed by atoms with Crippen molar-refractivity contribution >= 4 is 34.5 Å². The summed E-state index contributed by atoms with van der Waals surface area (Å²) >= 11 is 0. The molecule has 0 aliphatic heterocycles. The number of carbonyl (C=O) groups is 2. The Morgan fingerprint density at radius 3 is 2.59 bits per heavy atom. The van der Waals surface area contributed by atoms with Gasteiger partial charge in [-0.2, -0.15) is 0 Å². The summed E-state index contributed by atoms with van der Waals surface area (Å²) in [5, 5.41) is 17.8. The standard InChI is InChI=1S/C28H26N4O5/c1-18-21(22-10-3-5-12-24(22)30-18)14-15-29-28(34)25(17-19-8-7-9-20(16-19)32(35)36)31-27(33)23-11-4-6-13-26(23)37-2/h3-13,16-17,30H,14-15H2,1-2H3,(H,29,34)(H,31,33)/b25-17-. The lowest BCUT2D eigenvalue weighted by Gasteiger charge is -2.13. The molecule has 0 unspecified atom stereocenters. The number of hydrogen-bond donors (Lipinski definition) is 3. The Hall–Kier alpha value is -4.92. The van der Waals surface area contributed by atoms with E-state index in [9.17, 15) is 19.7 Å². The summed E-state index contributed by atoms with van der Waals surface area (Å²) in [5.74, 6) is -0.714. The first-order valence-corrected chi connectivity index (χ1v) is 11.6. The number of amides is 2. The number of hydrogen-bond acceptors (Lipinski definition) is 5. The van der Waals surface area contributed by atoms with Gasteiger partial charge in [-0.3, -0.25) is 19.7 Å². The van der Waals surface area contributed by atoms with Gasteiger partial charge in [0.05, 0.1) is 17.6 Å². The predicted molar refractivity (Wildman–Crippen MR) is 141 cm³/mol. The maximum atomic E-state index is 13.2. The fourth-order valence-electron chi connectivity index (χ4n) is 4.13. The molecule has 0 radical (unpaired) electrons. The lowest BCUT2D eigenvalue weighted by Crippen LogP contribution is -2.36. The zero-order chi connectivity index (χ0) is 26.4. The first-order chi connectivity index (χ1) is 17.9. The molecule has 37 heavy (non-hydrogen) atoms. The van der Waals surface area contributed by atoms with Gasteiger partial charge in [-0.1, -0.05) is 42.5 Å². The number of ether oxygens (including phenoxy) is 1. The van der Waals surface area contributed by atoms with Crippen molar-refractivity contribution in [2.75, 3.05) is 13.7 Å². The fraction of sp³-hybridized carbons (Fsp3) is 0.143. The van der Waals surface area contributed by atoms with Crippen molar-refractivity contribution in [1.29, 1.82) is 0 Å². The molecule has 9 heteroatoms. The van der Waals surface area contributed by atoms with Gasteiger partial charge >= 0.3 is 0 Å². The minimum absolute atomic E-state index is 0.0490. The highest BCUT2D eigenvalue weighted by atomic mass is 16.6. The van der Waals surface area contributed by atoms with E-state index in [4.69, 9.17) is 4.74 Å². The molecule has 3 aromatic carbocycles. The van der Waals surface area contributed by atoms with Crippen LogP contribution in [0.2, 0.25) is 0 Å². The largest absolute Gasteiger partial charge is 0.496 e. The van der Waals surface area contributed by atoms with Crippen LogP contribution in [0.4, 0.5) is 5.69 Å². The number of H-pyrrole nitrogens is 1. The summed E-state index contributed by atoms with van der Waals surface area (Å²) in [6, 6.07) is 20.4. The third-order valence-electron chi connectivity index (χ3n) is 5.92. The van der Waals surface area contributed by atoms with Crippen LogP contribution in [0.3, 0.4) is 0 Å². The molecule has 0 bridgehead atoms. The van der Waals surface area contributed by atoms with Crippen LogP contribution in [0.5, 0.6) is 5.75 Å². The molecule has 0 fully saturated rings. The van der Waals surface area contributed by atoms with E-state index in [2.05, 4.69) is 15.6 Å². The monoisotopic (exact) mass is 498 g/mol. The van der Waals surface area contributed by atoms with Crippen molar-refractivity contribution in [2.45, 2.75) is 13.3 Å². The normalized spacial score (nSPS) is 11.2. The van der Waals surface area contributed by atoms with Gasteiger partial charge in [0.2, 0.25) is 0 Å². The van der Waals surface area contributed by atoms with Crippen LogP contribution in [-0.4, -0.2) is 35.4 Å². The number of nitrogens with one attached hydrogen (secondary N) is 3. The molecule has 1 aromatic heterocycles. The zero-order valence-corrected chi connectivity index (χ0v) is 20.4. The van der Waals surface area contributed by atoms with Crippen LogP contribution in [-0.2, 0) is 11.2 Å². The number of carbonyl (C=O) groups excluding carboxylic acids is 2. The van der Waals surface area contributed by atoms with E-state index in [1.165, 1.54) is 31.4 Å². The van der Waals surface area contributed by atoms with Crippen molar-refractivity contribution in [3.05, 3.63) is 111 Å². The molecule has 9 nitrogen and oxygen atoms in total. The van der Waals surface area contributed by atoms with Gasteiger partial charge in [0.15, 0.2) is 0 Å². The number of methoxy groups -OCH3 is 1. The number of nitrogens with zero attached hydrogens (tertiary/aromatic N) is 1. The lowest BCUT2D eigenvalue weighted by atomic mass is 10.1. The van der Waals surface area contributed by atoms with Gasteiger partial charge in [0.25, 0.3) is 17.5 Å². The van der Waals surface area contributed by atoms with Crippen molar-refractivity contribution in [2.24, 2.45) is 0 Å². The molecule has 0 aliphatic carbocycles. The number of benzene rings is 3. The van der Waals surface area contributed by atoms with Crippen molar-refractivity contribution in [3.8, 4) is 5.75 Å². The molecule has 1 heterocycles. The molecule has 3 N–H and O–H groups in total. The van der Waals surface area contributed by atoms with Gasteiger partial charge in [-0.05, 0) is 48.7 Å². The Kier molecular flexibility index (Phi) is 7.63. The van der Waals surface area contributed by atoms with Crippen LogP contribution >= 0.6 is 0 Å². The van der Waals surface area contributed by atoms with E-state index < -0.39 is 16.7 Å². The second-order valence-electron chi connectivity index (χ2n) is 8.34. The minimum atomic E-state index is -0.545. The van der Waals surface area contributed by atoms with E-state index in [0.717, 1.165) is 22.2 Å². The highest BCUT2D eigenvalue weighted by Crippen LogP contribution is 2.22. The molecule has 0 saturated heterocycles. The molecule has 0 atom stereocenters. The van der Waals surface area contributed by atoms with Crippen LogP contribution in [0, 0.1) is 17.0 Å². The molecule has 0 aliphatic rings. The third-order valence-corrected chi connectivity index (χ3v) is 5.92. The van der Waals surface area contributed by atoms with E-state index in [-0.39, 0.29) is 16.9 Å². The highest BCUT2D eigenvalue weighted by Gasteiger charge is 2.18. The maximum absolute atomic E-state index is 13.2. The molecule has 0 spiro atoms. The zero-order valence-electron chi connectivity index (χ0n) is 20.4. The summed E-state index contributed by atoms with van der Waals surface area (Å²) in [7, 11) is 1.45. The Morgan fingerprint density at radius 1 is 1.05 bits per heavy atom. The number of nitro benzene ring substituents is 1. The fourth-order valence-corrected chi connectivity index (χ4v) is 4.13. The second-order valence-corrected chi connectivity index (χ2v) is 8.34. The average molecular weight is 499 g/mol.